The van der Waals surface area contributed by atoms with Gasteiger partial charge in [0.05, 0.1) is 17.1 Å². The monoisotopic (exact) mass is 386 g/mol. The molecule has 146 valence electrons. The topological polar surface area (TPSA) is 96.5 Å². The maximum atomic E-state index is 12.4. The molecule has 7 nitrogen and oxygen atoms in total. The summed E-state index contributed by atoms with van der Waals surface area (Å²) in [5, 5.41) is 3.03. The van der Waals surface area contributed by atoms with Gasteiger partial charge in [0.1, 0.15) is 5.82 Å². The highest BCUT2D eigenvalue weighted by molar-refractivity contribution is 5.77. The van der Waals surface area contributed by atoms with Gasteiger partial charge in [-0.25, -0.2) is 15.0 Å². The first-order chi connectivity index (χ1) is 14.1. The molecule has 0 bridgehead atoms. The van der Waals surface area contributed by atoms with Crippen LogP contribution < -0.4 is 5.32 Å². The summed E-state index contributed by atoms with van der Waals surface area (Å²) in [6.07, 6.45) is 6.13. The molecule has 0 saturated heterocycles. The smallest absolute Gasteiger partial charge is 0.220 e. The number of hydrogen-bond donors (Lipinski definition) is 2. The largest absolute Gasteiger partial charge is 0.349 e. The van der Waals surface area contributed by atoms with E-state index in [4.69, 9.17) is 0 Å². The molecule has 0 aliphatic heterocycles. The van der Waals surface area contributed by atoms with Crippen LogP contribution in [0.3, 0.4) is 0 Å². The molecule has 2 N–H and O–H groups in total. The molecular weight excluding hydrogens is 364 g/mol. The summed E-state index contributed by atoms with van der Waals surface area (Å²) in [4.78, 5) is 33.2. The van der Waals surface area contributed by atoms with Crippen molar-refractivity contribution in [2.24, 2.45) is 0 Å². The van der Waals surface area contributed by atoms with E-state index in [9.17, 15) is 4.79 Å². The molecule has 0 radical (unpaired) electrons. The van der Waals surface area contributed by atoms with Crippen LogP contribution in [0.25, 0.3) is 22.4 Å². The summed E-state index contributed by atoms with van der Waals surface area (Å²) in [6.45, 7) is 3.87. The predicted octanol–water partition coefficient (Wildman–Crippen LogP) is 3.53. The van der Waals surface area contributed by atoms with Gasteiger partial charge in [0, 0.05) is 48.3 Å². The molecule has 0 spiro atoms. The fraction of sp³-hybridized carbons (Fsp3) is 0.227. The number of amides is 1. The first-order valence-electron chi connectivity index (χ1n) is 9.57. The van der Waals surface area contributed by atoms with Crippen molar-refractivity contribution in [3.8, 4) is 11.4 Å². The number of imidazole rings is 1. The average molecular weight is 386 g/mol. The second-order valence-corrected chi connectivity index (χ2v) is 6.96. The molecule has 0 aliphatic carbocycles. The summed E-state index contributed by atoms with van der Waals surface area (Å²) in [6, 6.07) is 11.4. The number of H-pyrrole nitrogens is 1. The number of pyridine rings is 1. The Hall–Kier alpha value is -3.61. The highest BCUT2D eigenvalue weighted by Gasteiger charge is 2.15. The zero-order valence-electron chi connectivity index (χ0n) is 16.4. The van der Waals surface area contributed by atoms with Gasteiger partial charge >= 0.3 is 0 Å². The minimum absolute atomic E-state index is 0.0319. The second-order valence-electron chi connectivity index (χ2n) is 6.96. The van der Waals surface area contributed by atoms with Gasteiger partial charge in [-0.05, 0) is 38.1 Å². The Morgan fingerprint density at radius 2 is 1.93 bits per heavy atom. The fourth-order valence-electron chi connectivity index (χ4n) is 3.29. The third-order valence-electron chi connectivity index (χ3n) is 4.83. The van der Waals surface area contributed by atoms with Crippen LogP contribution in [0.4, 0.5) is 0 Å². The summed E-state index contributed by atoms with van der Waals surface area (Å²) < 4.78 is 0. The Bertz CT molecular complexity index is 1110. The first kappa shape index (κ1) is 18.7. The number of aromatic amines is 1. The number of para-hydroxylation sites is 2. The van der Waals surface area contributed by atoms with E-state index in [-0.39, 0.29) is 11.9 Å². The van der Waals surface area contributed by atoms with E-state index >= 15 is 0 Å². The van der Waals surface area contributed by atoms with Crippen LogP contribution in [0.2, 0.25) is 0 Å². The number of carbonyl (C=O) groups excluding carboxylic acids is 1. The highest BCUT2D eigenvalue weighted by atomic mass is 16.1. The normalized spacial score (nSPS) is 12.1. The van der Waals surface area contributed by atoms with Crippen molar-refractivity contribution in [2.45, 2.75) is 32.7 Å². The Morgan fingerprint density at radius 3 is 2.69 bits per heavy atom. The van der Waals surface area contributed by atoms with Crippen LogP contribution in [0.5, 0.6) is 0 Å². The van der Waals surface area contributed by atoms with Gasteiger partial charge in [-0.15, -0.1) is 0 Å². The van der Waals surface area contributed by atoms with Crippen LogP contribution in [0.15, 0.2) is 55.0 Å². The van der Waals surface area contributed by atoms with Gasteiger partial charge in [-0.1, -0.05) is 12.1 Å². The number of rotatable bonds is 6. The maximum Gasteiger partial charge on any atom is 0.220 e. The molecule has 1 amide bonds. The molecule has 0 unspecified atom stereocenters. The van der Waals surface area contributed by atoms with Crippen molar-refractivity contribution in [3.05, 3.63) is 72.1 Å². The molecule has 0 aliphatic rings. The molecule has 0 saturated carbocycles. The molecule has 29 heavy (non-hydrogen) atoms. The van der Waals surface area contributed by atoms with Crippen LogP contribution in [-0.2, 0) is 11.2 Å². The zero-order valence-corrected chi connectivity index (χ0v) is 16.4. The number of nitrogens with one attached hydrogen (secondary N) is 2. The van der Waals surface area contributed by atoms with Crippen LogP contribution in [0, 0.1) is 6.92 Å². The van der Waals surface area contributed by atoms with E-state index in [1.165, 1.54) is 0 Å². The van der Waals surface area contributed by atoms with Crippen molar-refractivity contribution in [1.82, 2.24) is 30.2 Å². The van der Waals surface area contributed by atoms with Crippen LogP contribution in [-0.4, -0.2) is 30.8 Å². The van der Waals surface area contributed by atoms with Crippen LogP contribution in [0.1, 0.15) is 36.5 Å². The standard InChI is InChI=1S/C22H22N6O/c1-14(17-13-24-22(26-15(17)2)16-9-11-23-12-10-16)25-21(29)8-7-20-27-18-5-3-4-6-19(18)28-20/h3-6,9-14H,7-8H2,1-2H3,(H,25,29)(H,27,28)/t14-/m1/s1. The molecule has 1 aromatic carbocycles. The minimum atomic E-state index is -0.176. The van der Waals surface area contributed by atoms with Gasteiger partial charge in [-0.2, -0.15) is 0 Å². The summed E-state index contributed by atoms with van der Waals surface area (Å²) in [5.74, 6) is 1.43. The van der Waals surface area contributed by atoms with E-state index in [0.29, 0.717) is 18.7 Å². The van der Waals surface area contributed by atoms with Gasteiger partial charge in [-0.3, -0.25) is 9.78 Å². The SMILES string of the molecule is Cc1nc(-c2ccncc2)ncc1[C@@H](C)NC(=O)CCc1nc2ccccc2[nH]1. The van der Waals surface area contributed by atoms with Crippen molar-refractivity contribution in [1.29, 1.82) is 0 Å². The Labute approximate surface area is 168 Å². The van der Waals surface area contributed by atoms with Gasteiger partial charge in [0.2, 0.25) is 5.91 Å². The van der Waals surface area contributed by atoms with Crippen molar-refractivity contribution < 1.29 is 4.79 Å². The zero-order chi connectivity index (χ0) is 20.2. The molecule has 3 heterocycles. The van der Waals surface area contributed by atoms with E-state index < -0.39 is 0 Å². The molecule has 0 fully saturated rings. The number of benzene rings is 1. The second kappa shape index (κ2) is 8.18. The van der Waals surface area contributed by atoms with Crippen LogP contribution >= 0.6 is 0 Å². The molecule has 4 rings (SSSR count). The summed E-state index contributed by atoms with van der Waals surface area (Å²) in [5.41, 5.74) is 4.56. The fourth-order valence-corrected chi connectivity index (χ4v) is 3.29. The third-order valence-corrected chi connectivity index (χ3v) is 4.83. The van der Waals surface area contributed by atoms with Crippen molar-refractivity contribution in [3.63, 3.8) is 0 Å². The molecular formula is C22H22N6O. The van der Waals surface area contributed by atoms with E-state index in [1.807, 2.05) is 50.2 Å². The first-order valence-corrected chi connectivity index (χ1v) is 9.57. The van der Waals surface area contributed by atoms with Crippen molar-refractivity contribution >= 4 is 16.9 Å². The lowest BCUT2D eigenvalue weighted by molar-refractivity contribution is -0.121. The molecule has 1 atom stereocenters. The number of carbonyl (C=O) groups is 1. The average Bonchev–Trinajstić information content (AvgIpc) is 3.16. The minimum Gasteiger partial charge on any atom is -0.349 e. The Kier molecular flexibility index (Phi) is 5.29. The lowest BCUT2D eigenvalue weighted by atomic mass is 10.1. The van der Waals surface area contributed by atoms with E-state index in [2.05, 4.69) is 30.2 Å². The highest BCUT2D eigenvalue weighted by Crippen LogP contribution is 2.19. The predicted molar refractivity (Wildman–Crippen MR) is 111 cm³/mol. The quantitative estimate of drug-likeness (QED) is 0.528. The Balaban J connectivity index is 1.38. The van der Waals surface area contributed by atoms with E-state index in [0.717, 1.165) is 33.7 Å². The number of fused-ring (bicyclic) bond motifs is 1. The number of hydrogen-bond acceptors (Lipinski definition) is 5. The maximum absolute atomic E-state index is 12.4. The molecule has 7 heteroatoms. The van der Waals surface area contributed by atoms with Gasteiger partial charge < -0.3 is 10.3 Å². The number of aryl methyl sites for hydroxylation is 2. The molecule has 3 aromatic heterocycles. The number of nitrogens with zero attached hydrogens (tertiary/aromatic N) is 4. The van der Waals surface area contributed by atoms with Crippen molar-refractivity contribution in [2.75, 3.05) is 0 Å². The van der Waals surface area contributed by atoms with Gasteiger partial charge in [0.25, 0.3) is 0 Å². The summed E-state index contributed by atoms with van der Waals surface area (Å²) in [7, 11) is 0. The number of aromatic nitrogens is 5. The van der Waals surface area contributed by atoms with E-state index in [1.54, 1.807) is 18.6 Å². The van der Waals surface area contributed by atoms with Gasteiger partial charge in [0.15, 0.2) is 5.82 Å². The third kappa shape index (κ3) is 4.29. The molecule has 4 aromatic rings. The lowest BCUT2D eigenvalue weighted by Crippen LogP contribution is -2.27. The Morgan fingerprint density at radius 1 is 1.14 bits per heavy atom. The summed E-state index contributed by atoms with van der Waals surface area (Å²) >= 11 is 0. The lowest BCUT2D eigenvalue weighted by Gasteiger charge is -2.16.